The highest BCUT2D eigenvalue weighted by Crippen LogP contribution is 2.22. The Morgan fingerprint density at radius 2 is 2.23 bits per heavy atom. The van der Waals surface area contributed by atoms with Crippen LogP contribution >= 0.6 is 0 Å². The molecule has 1 unspecified atom stereocenters. The lowest BCUT2D eigenvalue weighted by Crippen LogP contribution is -1.94. The molecule has 1 atom stereocenters. The Morgan fingerprint density at radius 1 is 1.46 bits per heavy atom. The fraction of sp³-hybridized carbons (Fsp3) is 0.455. The first kappa shape index (κ1) is 8.57. The zero-order valence-corrected chi connectivity index (χ0v) is 7.82. The van der Waals surface area contributed by atoms with Crippen molar-refractivity contribution in [2.75, 3.05) is 13.7 Å². The number of para-hydroxylation sites is 1. The summed E-state index contributed by atoms with van der Waals surface area (Å²) < 4.78 is 10.4. The van der Waals surface area contributed by atoms with Crippen molar-refractivity contribution in [1.82, 2.24) is 0 Å². The van der Waals surface area contributed by atoms with Gasteiger partial charge in [0, 0.05) is 0 Å². The van der Waals surface area contributed by atoms with Gasteiger partial charge in [0.15, 0.2) is 0 Å². The van der Waals surface area contributed by atoms with E-state index >= 15 is 0 Å². The Balaban J connectivity index is 1.99. The molecule has 1 aromatic rings. The summed E-state index contributed by atoms with van der Waals surface area (Å²) in [5.74, 6) is 0.989. The molecule has 70 valence electrons. The van der Waals surface area contributed by atoms with Crippen LogP contribution in [-0.2, 0) is 11.2 Å². The summed E-state index contributed by atoms with van der Waals surface area (Å²) in [6, 6.07) is 8.16. The summed E-state index contributed by atoms with van der Waals surface area (Å²) in [6.07, 6.45) is 2.67. The highest BCUT2D eigenvalue weighted by molar-refractivity contribution is 5.33. The van der Waals surface area contributed by atoms with Gasteiger partial charge in [-0.25, -0.2) is 0 Å². The number of ether oxygens (including phenoxy) is 2. The quantitative estimate of drug-likeness (QED) is 0.658. The van der Waals surface area contributed by atoms with Gasteiger partial charge in [-0.1, -0.05) is 18.2 Å². The highest BCUT2D eigenvalue weighted by Gasteiger charge is 2.22. The predicted molar refractivity (Wildman–Crippen MR) is 51.1 cm³/mol. The molecular formula is C11H14O2. The van der Waals surface area contributed by atoms with Gasteiger partial charge in [-0.15, -0.1) is 0 Å². The first-order valence-corrected chi connectivity index (χ1v) is 4.63. The van der Waals surface area contributed by atoms with Crippen LogP contribution in [0.3, 0.4) is 0 Å². The van der Waals surface area contributed by atoms with Gasteiger partial charge in [0.05, 0.1) is 19.8 Å². The monoisotopic (exact) mass is 178 g/mol. The Labute approximate surface area is 78.5 Å². The minimum absolute atomic E-state index is 0.505. The van der Waals surface area contributed by atoms with Gasteiger partial charge in [0.1, 0.15) is 5.75 Å². The normalized spacial score (nSPS) is 19.9. The molecule has 1 aliphatic heterocycles. The molecule has 2 rings (SSSR count). The van der Waals surface area contributed by atoms with Crippen LogP contribution < -0.4 is 4.74 Å². The standard InChI is InChI=1S/C11H14O2/c1-12-11-5-3-2-4-9(11)6-7-10-8-13-10/h2-5,10H,6-8H2,1H3. The number of benzene rings is 1. The van der Waals surface area contributed by atoms with Gasteiger partial charge in [0.2, 0.25) is 0 Å². The summed E-state index contributed by atoms with van der Waals surface area (Å²) in [6.45, 7) is 0.940. The number of rotatable bonds is 4. The van der Waals surface area contributed by atoms with Gasteiger partial charge >= 0.3 is 0 Å². The topological polar surface area (TPSA) is 21.8 Å². The number of hydrogen-bond acceptors (Lipinski definition) is 2. The van der Waals surface area contributed by atoms with Crippen LogP contribution in [0.15, 0.2) is 24.3 Å². The molecule has 13 heavy (non-hydrogen) atoms. The largest absolute Gasteiger partial charge is 0.496 e. The fourth-order valence-electron chi connectivity index (χ4n) is 1.46. The molecule has 1 saturated heterocycles. The second-order valence-electron chi connectivity index (χ2n) is 3.31. The van der Waals surface area contributed by atoms with Crippen LogP contribution in [-0.4, -0.2) is 19.8 Å². The van der Waals surface area contributed by atoms with Gasteiger partial charge in [-0.05, 0) is 24.5 Å². The molecule has 0 N–H and O–H groups in total. The van der Waals surface area contributed by atoms with E-state index < -0.39 is 0 Å². The summed E-state index contributed by atoms with van der Waals surface area (Å²) >= 11 is 0. The Kier molecular flexibility index (Phi) is 2.50. The highest BCUT2D eigenvalue weighted by atomic mass is 16.6. The van der Waals surface area contributed by atoms with Crippen LogP contribution in [0, 0.1) is 0 Å². The SMILES string of the molecule is COc1ccccc1CCC1CO1. The second-order valence-corrected chi connectivity index (χ2v) is 3.31. The minimum Gasteiger partial charge on any atom is -0.496 e. The van der Waals surface area contributed by atoms with Crippen molar-refractivity contribution < 1.29 is 9.47 Å². The summed E-state index contributed by atoms with van der Waals surface area (Å²) in [5.41, 5.74) is 1.28. The molecule has 0 radical (unpaired) electrons. The lowest BCUT2D eigenvalue weighted by atomic mass is 10.1. The van der Waals surface area contributed by atoms with E-state index in [1.54, 1.807) is 7.11 Å². The van der Waals surface area contributed by atoms with Crippen LogP contribution in [0.2, 0.25) is 0 Å². The maximum Gasteiger partial charge on any atom is 0.122 e. The lowest BCUT2D eigenvalue weighted by Gasteiger charge is -2.06. The van der Waals surface area contributed by atoms with Crippen molar-refractivity contribution in [3.63, 3.8) is 0 Å². The maximum atomic E-state index is 5.26. The number of aryl methyl sites for hydroxylation is 1. The number of epoxide rings is 1. The third kappa shape index (κ3) is 2.22. The Hall–Kier alpha value is -1.02. The Bertz CT molecular complexity index is 279. The van der Waals surface area contributed by atoms with Crippen molar-refractivity contribution in [3.05, 3.63) is 29.8 Å². The molecular weight excluding hydrogens is 164 g/mol. The molecule has 0 aliphatic carbocycles. The molecule has 0 bridgehead atoms. The first-order valence-electron chi connectivity index (χ1n) is 4.63. The van der Waals surface area contributed by atoms with Crippen molar-refractivity contribution in [1.29, 1.82) is 0 Å². The average Bonchev–Trinajstić information content (AvgIpc) is 2.99. The summed E-state index contributed by atoms with van der Waals surface area (Å²) in [4.78, 5) is 0. The zero-order chi connectivity index (χ0) is 9.10. The van der Waals surface area contributed by atoms with Crippen LogP contribution in [0.1, 0.15) is 12.0 Å². The average molecular weight is 178 g/mol. The van der Waals surface area contributed by atoms with E-state index in [4.69, 9.17) is 9.47 Å². The van der Waals surface area contributed by atoms with Gasteiger partial charge < -0.3 is 9.47 Å². The van der Waals surface area contributed by atoms with E-state index in [1.807, 2.05) is 18.2 Å². The van der Waals surface area contributed by atoms with Crippen LogP contribution in [0.5, 0.6) is 5.75 Å². The molecule has 0 spiro atoms. The summed E-state index contributed by atoms with van der Waals surface area (Å²) in [7, 11) is 1.71. The van der Waals surface area contributed by atoms with Gasteiger partial charge in [-0.3, -0.25) is 0 Å². The lowest BCUT2D eigenvalue weighted by molar-refractivity contribution is 0.389. The number of methoxy groups -OCH3 is 1. The van der Waals surface area contributed by atoms with E-state index in [1.165, 1.54) is 5.56 Å². The molecule has 2 heteroatoms. The number of hydrogen-bond donors (Lipinski definition) is 0. The van der Waals surface area contributed by atoms with Crippen molar-refractivity contribution >= 4 is 0 Å². The second kappa shape index (κ2) is 3.79. The molecule has 2 nitrogen and oxygen atoms in total. The molecule has 1 aromatic carbocycles. The Morgan fingerprint density at radius 3 is 2.92 bits per heavy atom. The molecule has 1 fully saturated rings. The van der Waals surface area contributed by atoms with Crippen LogP contribution in [0.4, 0.5) is 0 Å². The van der Waals surface area contributed by atoms with E-state index in [0.717, 1.165) is 25.2 Å². The predicted octanol–water partition coefficient (Wildman–Crippen LogP) is 2.03. The molecule has 1 heterocycles. The van der Waals surface area contributed by atoms with E-state index in [0.29, 0.717) is 6.10 Å². The maximum absolute atomic E-state index is 5.26. The molecule has 0 saturated carbocycles. The smallest absolute Gasteiger partial charge is 0.122 e. The fourth-order valence-corrected chi connectivity index (χ4v) is 1.46. The van der Waals surface area contributed by atoms with Crippen molar-refractivity contribution in [2.45, 2.75) is 18.9 Å². The van der Waals surface area contributed by atoms with E-state index in [9.17, 15) is 0 Å². The van der Waals surface area contributed by atoms with E-state index in [-0.39, 0.29) is 0 Å². The van der Waals surface area contributed by atoms with Gasteiger partial charge in [0.25, 0.3) is 0 Å². The van der Waals surface area contributed by atoms with Crippen LogP contribution in [0.25, 0.3) is 0 Å². The van der Waals surface area contributed by atoms with E-state index in [2.05, 4.69) is 6.07 Å². The van der Waals surface area contributed by atoms with Gasteiger partial charge in [-0.2, -0.15) is 0 Å². The van der Waals surface area contributed by atoms with Crippen molar-refractivity contribution in [3.8, 4) is 5.75 Å². The molecule has 0 amide bonds. The molecule has 0 aromatic heterocycles. The third-order valence-electron chi connectivity index (χ3n) is 2.33. The molecule has 1 aliphatic rings. The van der Waals surface area contributed by atoms with Crippen molar-refractivity contribution in [2.24, 2.45) is 0 Å². The summed E-state index contributed by atoms with van der Waals surface area (Å²) in [5, 5.41) is 0. The third-order valence-corrected chi connectivity index (χ3v) is 2.33. The minimum atomic E-state index is 0.505. The zero-order valence-electron chi connectivity index (χ0n) is 7.82. The first-order chi connectivity index (χ1) is 6.40.